The van der Waals surface area contributed by atoms with Crippen molar-refractivity contribution >= 4 is 0 Å². The topological polar surface area (TPSA) is 127 Å². The van der Waals surface area contributed by atoms with Gasteiger partial charge in [-0.1, -0.05) is 6.07 Å². The lowest BCUT2D eigenvalue weighted by atomic mass is 9.89. The number of ether oxygens (including phenoxy) is 5. The van der Waals surface area contributed by atoms with Crippen LogP contribution in [0, 0.1) is 0 Å². The average Bonchev–Trinajstić information content (AvgIpc) is 3.17. The van der Waals surface area contributed by atoms with Crippen LogP contribution in [0.5, 0.6) is 23.0 Å². The minimum atomic E-state index is -1.50. The third-order valence-electron chi connectivity index (χ3n) is 6.05. The molecule has 0 aromatic heterocycles. The molecule has 2 aromatic rings. The van der Waals surface area contributed by atoms with Crippen LogP contribution in [-0.4, -0.2) is 71.5 Å². The fourth-order valence-corrected chi connectivity index (χ4v) is 4.32. The third kappa shape index (κ3) is 3.38. The zero-order chi connectivity index (χ0) is 21.7. The molecule has 7 atom stereocenters. The van der Waals surface area contributed by atoms with Crippen LogP contribution >= 0.6 is 0 Å². The Hall–Kier alpha value is -2.56. The van der Waals surface area contributed by atoms with Crippen molar-refractivity contribution in [1.29, 1.82) is 0 Å². The van der Waals surface area contributed by atoms with Crippen LogP contribution < -0.4 is 18.9 Å². The van der Waals surface area contributed by atoms with Gasteiger partial charge in [-0.3, -0.25) is 0 Å². The van der Waals surface area contributed by atoms with Gasteiger partial charge in [-0.05, 0) is 18.2 Å². The third-order valence-corrected chi connectivity index (χ3v) is 6.05. The highest BCUT2D eigenvalue weighted by Crippen LogP contribution is 2.52. The summed E-state index contributed by atoms with van der Waals surface area (Å²) in [5, 5.41) is 39.4. The standard InChI is InChI=1S/C22H24O9/c1-27-10-2-5-13-15(6-10)28-9-14-12-4-3-11(7-16(12)30-21(13)14)29-22-20(26)19(25)18(24)17(8-23)31-22/h2-7,14,17-26H,8-9H2,1H3/t14-,17-,18-,19-,20-,21-,22-/m0/s1. The molecule has 0 unspecified atom stereocenters. The Bertz CT molecular complexity index is 962. The van der Waals surface area contributed by atoms with Gasteiger partial charge in [-0.25, -0.2) is 0 Å². The van der Waals surface area contributed by atoms with Crippen LogP contribution in [0.1, 0.15) is 23.1 Å². The Kier molecular flexibility index (Phi) is 5.15. The molecular weight excluding hydrogens is 408 g/mol. The summed E-state index contributed by atoms with van der Waals surface area (Å²) in [5.74, 6) is 2.45. The summed E-state index contributed by atoms with van der Waals surface area (Å²) in [4.78, 5) is 0. The van der Waals surface area contributed by atoms with Gasteiger partial charge in [0.25, 0.3) is 0 Å². The molecule has 9 nitrogen and oxygen atoms in total. The van der Waals surface area contributed by atoms with E-state index in [1.807, 2.05) is 24.3 Å². The summed E-state index contributed by atoms with van der Waals surface area (Å²) in [6.07, 6.45) is -6.92. The molecule has 3 aliphatic rings. The first-order valence-electron chi connectivity index (χ1n) is 10.1. The Balaban J connectivity index is 1.36. The Morgan fingerprint density at radius 2 is 1.68 bits per heavy atom. The first kappa shape index (κ1) is 20.3. The van der Waals surface area contributed by atoms with Gasteiger partial charge in [0.05, 0.1) is 26.2 Å². The lowest BCUT2D eigenvalue weighted by Crippen LogP contribution is -2.60. The lowest BCUT2D eigenvalue weighted by Gasteiger charge is -2.39. The summed E-state index contributed by atoms with van der Waals surface area (Å²) in [6.45, 7) is -0.0591. The SMILES string of the molecule is COc1ccc2c(c1)OC[C@H]1c3ccc(O[C@H]4O[C@@H](CO)[C@H](O)[C@H](O)[C@@H]4O)cc3O[C@@H]21. The van der Waals surface area contributed by atoms with Gasteiger partial charge < -0.3 is 44.1 Å². The Morgan fingerprint density at radius 3 is 2.45 bits per heavy atom. The number of rotatable bonds is 4. The van der Waals surface area contributed by atoms with Gasteiger partial charge in [0.1, 0.15) is 53.5 Å². The van der Waals surface area contributed by atoms with E-state index in [0.29, 0.717) is 23.9 Å². The Morgan fingerprint density at radius 1 is 0.935 bits per heavy atom. The summed E-state index contributed by atoms with van der Waals surface area (Å²) >= 11 is 0. The molecule has 166 valence electrons. The van der Waals surface area contributed by atoms with Crippen molar-refractivity contribution in [1.82, 2.24) is 0 Å². The van der Waals surface area contributed by atoms with E-state index in [0.717, 1.165) is 16.9 Å². The molecule has 4 N–H and O–H groups in total. The molecule has 0 aliphatic carbocycles. The molecule has 31 heavy (non-hydrogen) atoms. The lowest BCUT2D eigenvalue weighted by molar-refractivity contribution is -0.277. The molecule has 5 rings (SSSR count). The normalized spacial score (nSPS) is 33.4. The molecule has 3 aliphatic heterocycles. The molecule has 1 fully saturated rings. The summed E-state index contributed by atoms with van der Waals surface area (Å²) in [6, 6.07) is 10.9. The van der Waals surface area contributed by atoms with E-state index in [1.165, 1.54) is 0 Å². The first-order valence-corrected chi connectivity index (χ1v) is 10.1. The van der Waals surface area contributed by atoms with Crippen LogP contribution in [0.2, 0.25) is 0 Å². The number of aliphatic hydroxyl groups excluding tert-OH is 4. The zero-order valence-electron chi connectivity index (χ0n) is 16.7. The second-order valence-electron chi connectivity index (χ2n) is 7.87. The molecule has 0 bridgehead atoms. The highest BCUT2D eigenvalue weighted by molar-refractivity contribution is 5.52. The van der Waals surface area contributed by atoms with E-state index in [4.69, 9.17) is 23.7 Å². The van der Waals surface area contributed by atoms with Crippen LogP contribution in [0.4, 0.5) is 0 Å². The minimum Gasteiger partial charge on any atom is -0.497 e. The van der Waals surface area contributed by atoms with E-state index in [9.17, 15) is 20.4 Å². The fourth-order valence-electron chi connectivity index (χ4n) is 4.32. The van der Waals surface area contributed by atoms with Gasteiger partial charge in [-0.2, -0.15) is 0 Å². The highest BCUT2D eigenvalue weighted by Gasteiger charge is 2.45. The average molecular weight is 432 g/mol. The minimum absolute atomic E-state index is 0.0252. The van der Waals surface area contributed by atoms with Gasteiger partial charge in [0.15, 0.2) is 0 Å². The van der Waals surface area contributed by atoms with Crippen molar-refractivity contribution in [2.24, 2.45) is 0 Å². The maximum Gasteiger partial charge on any atom is 0.229 e. The maximum atomic E-state index is 10.2. The predicted molar refractivity (Wildman–Crippen MR) is 105 cm³/mol. The summed E-state index contributed by atoms with van der Waals surface area (Å²) < 4.78 is 28.5. The maximum absolute atomic E-state index is 10.2. The quantitative estimate of drug-likeness (QED) is 0.546. The van der Waals surface area contributed by atoms with Crippen molar-refractivity contribution in [3.8, 4) is 23.0 Å². The molecule has 1 saturated heterocycles. The number of fused-ring (bicyclic) bond motifs is 5. The van der Waals surface area contributed by atoms with E-state index in [1.54, 1.807) is 19.2 Å². The van der Waals surface area contributed by atoms with Crippen LogP contribution in [0.15, 0.2) is 36.4 Å². The molecule has 3 heterocycles. The second-order valence-corrected chi connectivity index (χ2v) is 7.87. The number of hydrogen-bond donors (Lipinski definition) is 4. The molecule has 9 heteroatoms. The van der Waals surface area contributed by atoms with Crippen LogP contribution in [0.25, 0.3) is 0 Å². The van der Waals surface area contributed by atoms with Crippen molar-refractivity contribution in [3.05, 3.63) is 47.5 Å². The number of aliphatic hydroxyl groups is 4. The van der Waals surface area contributed by atoms with Crippen LogP contribution in [0.3, 0.4) is 0 Å². The van der Waals surface area contributed by atoms with Crippen molar-refractivity contribution in [3.63, 3.8) is 0 Å². The van der Waals surface area contributed by atoms with Gasteiger partial charge in [0.2, 0.25) is 6.29 Å². The van der Waals surface area contributed by atoms with Gasteiger partial charge in [0, 0.05) is 23.3 Å². The fraction of sp³-hybridized carbons (Fsp3) is 0.455. The Labute approximate surface area is 178 Å². The predicted octanol–water partition coefficient (Wildman–Crippen LogP) is 0.484. The first-order chi connectivity index (χ1) is 15.0. The molecular formula is C22H24O9. The van der Waals surface area contributed by atoms with Gasteiger partial charge >= 0.3 is 0 Å². The van der Waals surface area contributed by atoms with Crippen molar-refractivity contribution < 1.29 is 44.1 Å². The van der Waals surface area contributed by atoms with E-state index in [-0.39, 0.29) is 12.0 Å². The molecule has 0 radical (unpaired) electrons. The second kappa shape index (κ2) is 7.85. The van der Waals surface area contributed by atoms with E-state index >= 15 is 0 Å². The zero-order valence-corrected chi connectivity index (χ0v) is 16.7. The monoisotopic (exact) mass is 432 g/mol. The van der Waals surface area contributed by atoms with E-state index in [2.05, 4.69) is 0 Å². The number of methoxy groups -OCH3 is 1. The largest absolute Gasteiger partial charge is 0.497 e. The van der Waals surface area contributed by atoms with Crippen LogP contribution in [-0.2, 0) is 4.74 Å². The number of hydrogen-bond acceptors (Lipinski definition) is 9. The number of benzene rings is 2. The molecule has 2 aromatic carbocycles. The van der Waals surface area contributed by atoms with Crippen molar-refractivity contribution in [2.45, 2.75) is 42.7 Å². The van der Waals surface area contributed by atoms with Gasteiger partial charge in [-0.15, -0.1) is 0 Å². The molecule has 0 amide bonds. The summed E-state index contributed by atoms with van der Waals surface area (Å²) in [5.41, 5.74) is 1.91. The molecule has 0 spiro atoms. The van der Waals surface area contributed by atoms with E-state index < -0.39 is 37.3 Å². The van der Waals surface area contributed by atoms with Crippen molar-refractivity contribution in [2.75, 3.05) is 20.3 Å². The summed E-state index contributed by atoms with van der Waals surface area (Å²) in [7, 11) is 1.60. The molecule has 0 saturated carbocycles. The smallest absolute Gasteiger partial charge is 0.229 e. The highest BCUT2D eigenvalue weighted by atomic mass is 16.7.